The molecule has 0 saturated carbocycles. The van der Waals surface area contributed by atoms with Crippen molar-refractivity contribution in [3.63, 3.8) is 0 Å². The number of benzene rings is 1. The summed E-state index contributed by atoms with van der Waals surface area (Å²) >= 11 is 0. The third kappa shape index (κ3) is 5.34. The molecule has 2 unspecified atom stereocenters. The highest BCUT2D eigenvalue weighted by Gasteiger charge is 2.20. The van der Waals surface area contributed by atoms with Crippen molar-refractivity contribution in [1.29, 1.82) is 0 Å². The Morgan fingerprint density at radius 2 is 2.00 bits per heavy atom. The number of nitrogens with zero attached hydrogens (tertiary/aromatic N) is 1. The minimum atomic E-state index is 0.126. The van der Waals surface area contributed by atoms with E-state index >= 15 is 0 Å². The SMILES string of the molecule is CCC(C)NC(N)=NC(CC1CCOCC1)c1ccccc1. The smallest absolute Gasteiger partial charge is 0.189 e. The van der Waals surface area contributed by atoms with Crippen LogP contribution in [0.15, 0.2) is 35.3 Å². The van der Waals surface area contributed by atoms with E-state index in [0.29, 0.717) is 17.9 Å². The predicted octanol–water partition coefficient (Wildman–Crippen LogP) is 3.25. The Kier molecular flexibility index (Phi) is 6.72. The molecule has 4 heteroatoms. The van der Waals surface area contributed by atoms with Gasteiger partial charge in [0, 0.05) is 19.3 Å². The first-order valence-electron chi connectivity index (χ1n) is 8.41. The van der Waals surface area contributed by atoms with E-state index in [1.165, 1.54) is 5.56 Å². The quantitative estimate of drug-likeness (QED) is 0.626. The molecule has 1 fully saturated rings. The van der Waals surface area contributed by atoms with E-state index in [0.717, 1.165) is 38.9 Å². The molecule has 0 bridgehead atoms. The van der Waals surface area contributed by atoms with Crippen molar-refractivity contribution in [2.45, 2.75) is 51.6 Å². The Bertz CT molecular complexity index is 455. The third-order valence-electron chi connectivity index (χ3n) is 4.38. The molecule has 2 atom stereocenters. The second-order valence-corrected chi connectivity index (χ2v) is 6.19. The molecule has 1 aromatic carbocycles. The molecule has 0 aliphatic carbocycles. The fraction of sp³-hybridized carbons (Fsp3) is 0.611. The van der Waals surface area contributed by atoms with Crippen LogP contribution in [0.25, 0.3) is 0 Å². The summed E-state index contributed by atoms with van der Waals surface area (Å²) in [5.41, 5.74) is 7.35. The second-order valence-electron chi connectivity index (χ2n) is 6.19. The summed E-state index contributed by atoms with van der Waals surface area (Å²) in [6.07, 6.45) is 4.32. The van der Waals surface area contributed by atoms with Gasteiger partial charge < -0.3 is 15.8 Å². The van der Waals surface area contributed by atoms with E-state index in [4.69, 9.17) is 15.5 Å². The fourth-order valence-electron chi connectivity index (χ4n) is 2.80. The number of hydrogen-bond acceptors (Lipinski definition) is 2. The first kappa shape index (κ1) is 16.8. The summed E-state index contributed by atoms with van der Waals surface area (Å²) in [6, 6.07) is 10.9. The normalized spacial score (nSPS) is 19.6. The first-order valence-corrected chi connectivity index (χ1v) is 8.41. The highest BCUT2D eigenvalue weighted by Crippen LogP contribution is 2.30. The van der Waals surface area contributed by atoms with Crippen LogP contribution in [0.3, 0.4) is 0 Å². The standard InChI is InChI=1S/C18H29N3O/c1-3-14(2)20-18(19)21-17(16-7-5-4-6-8-16)13-15-9-11-22-12-10-15/h4-8,14-15,17H,3,9-13H2,1-2H3,(H3,19,20,21). The molecule has 22 heavy (non-hydrogen) atoms. The zero-order valence-corrected chi connectivity index (χ0v) is 13.8. The van der Waals surface area contributed by atoms with Crippen molar-refractivity contribution in [1.82, 2.24) is 5.32 Å². The summed E-state index contributed by atoms with van der Waals surface area (Å²) in [7, 11) is 0. The van der Waals surface area contributed by atoms with Crippen molar-refractivity contribution in [2.24, 2.45) is 16.6 Å². The largest absolute Gasteiger partial charge is 0.381 e. The third-order valence-corrected chi connectivity index (χ3v) is 4.38. The van der Waals surface area contributed by atoms with Crippen LogP contribution >= 0.6 is 0 Å². The topological polar surface area (TPSA) is 59.6 Å². The van der Waals surface area contributed by atoms with Crippen molar-refractivity contribution in [2.75, 3.05) is 13.2 Å². The van der Waals surface area contributed by atoms with Gasteiger partial charge in [0.1, 0.15) is 0 Å². The zero-order valence-electron chi connectivity index (χ0n) is 13.8. The predicted molar refractivity (Wildman–Crippen MR) is 91.9 cm³/mol. The maximum absolute atomic E-state index is 6.11. The van der Waals surface area contributed by atoms with Crippen molar-refractivity contribution in [3.8, 4) is 0 Å². The lowest BCUT2D eigenvalue weighted by Gasteiger charge is -2.25. The number of aliphatic imine (C=N–C) groups is 1. The van der Waals surface area contributed by atoms with Gasteiger partial charge >= 0.3 is 0 Å². The number of hydrogen-bond donors (Lipinski definition) is 2. The first-order chi connectivity index (χ1) is 10.7. The maximum atomic E-state index is 6.11. The number of nitrogens with two attached hydrogens (primary N) is 1. The lowest BCUT2D eigenvalue weighted by Crippen LogP contribution is -2.38. The van der Waals surface area contributed by atoms with Crippen LogP contribution in [0.2, 0.25) is 0 Å². The van der Waals surface area contributed by atoms with Gasteiger partial charge in [0.05, 0.1) is 6.04 Å². The van der Waals surface area contributed by atoms with E-state index < -0.39 is 0 Å². The Labute approximate surface area is 134 Å². The summed E-state index contributed by atoms with van der Waals surface area (Å²) in [5, 5.41) is 3.27. The van der Waals surface area contributed by atoms with Gasteiger partial charge in [-0.1, -0.05) is 37.3 Å². The van der Waals surface area contributed by atoms with Gasteiger partial charge in [-0.2, -0.15) is 0 Å². The number of rotatable bonds is 6. The highest BCUT2D eigenvalue weighted by molar-refractivity contribution is 5.78. The molecule has 1 aliphatic rings. The van der Waals surface area contributed by atoms with Crippen molar-refractivity contribution in [3.05, 3.63) is 35.9 Å². The lowest BCUT2D eigenvalue weighted by atomic mass is 9.90. The Morgan fingerprint density at radius 1 is 1.32 bits per heavy atom. The van der Waals surface area contributed by atoms with Gasteiger partial charge in [0.2, 0.25) is 0 Å². The molecule has 4 nitrogen and oxygen atoms in total. The van der Waals surface area contributed by atoms with E-state index in [9.17, 15) is 0 Å². The molecule has 1 aromatic rings. The molecule has 0 amide bonds. The van der Waals surface area contributed by atoms with Crippen LogP contribution in [0.4, 0.5) is 0 Å². The molecule has 2 rings (SSSR count). The average molecular weight is 303 g/mol. The molecule has 0 radical (unpaired) electrons. The molecule has 0 aromatic heterocycles. The van der Waals surface area contributed by atoms with Crippen molar-refractivity contribution >= 4 is 5.96 Å². The summed E-state index contributed by atoms with van der Waals surface area (Å²) in [4.78, 5) is 4.77. The minimum absolute atomic E-state index is 0.126. The Morgan fingerprint density at radius 3 is 2.64 bits per heavy atom. The number of guanidine groups is 1. The van der Waals surface area contributed by atoms with Crippen LogP contribution in [-0.2, 0) is 4.74 Å². The van der Waals surface area contributed by atoms with Gasteiger partial charge in [-0.05, 0) is 44.1 Å². The van der Waals surface area contributed by atoms with Gasteiger partial charge in [0.25, 0.3) is 0 Å². The molecule has 0 spiro atoms. The minimum Gasteiger partial charge on any atom is -0.381 e. The Balaban J connectivity index is 2.08. The van der Waals surface area contributed by atoms with Crippen LogP contribution < -0.4 is 11.1 Å². The molecule has 1 saturated heterocycles. The van der Waals surface area contributed by atoms with Crippen molar-refractivity contribution < 1.29 is 4.74 Å². The van der Waals surface area contributed by atoms with Crippen LogP contribution in [0.5, 0.6) is 0 Å². The van der Waals surface area contributed by atoms with E-state index in [2.05, 4.69) is 43.4 Å². The summed E-state index contributed by atoms with van der Waals surface area (Å²) in [5.74, 6) is 1.22. The zero-order chi connectivity index (χ0) is 15.8. The fourth-order valence-corrected chi connectivity index (χ4v) is 2.80. The van der Waals surface area contributed by atoms with E-state index in [1.54, 1.807) is 0 Å². The van der Waals surface area contributed by atoms with Crippen LogP contribution in [0, 0.1) is 5.92 Å². The molecular weight excluding hydrogens is 274 g/mol. The van der Waals surface area contributed by atoms with Crippen LogP contribution in [0.1, 0.15) is 51.1 Å². The van der Waals surface area contributed by atoms with E-state index in [-0.39, 0.29) is 6.04 Å². The molecule has 1 heterocycles. The number of nitrogens with one attached hydrogen (secondary N) is 1. The van der Waals surface area contributed by atoms with Gasteiger partial charge in [-0.3, -0.25) is 0 Å². The second kappa shape index (κ2) is 8.79. The lowest BCUT2D eigenvalue weighted by molar-refractivity contribution is 0.0619. The summed E-state index contributed by atoms with van der Waals surface area (Å²) < 4.78 is 5.46. The molecule has 3 N–H and O–H groups in total. The van der Waals surface area contributed by atoms with Gasteiger partial charge in [-0.15, -0.1) is 0 Å². The van der Waals surface area contributed by atoms with Crippen LogP contribution in [-0.4, -0.2) is 25.2 Å². The monoisotopic (exact) mass is 303 g/mol. The van der Waals surface area contributed by atoms with Gasteiger partial charge in [-0.25, -0.2) is 4.99 Å². The van der Waals surface area contributed by atoms with E-state index in [1.807, 2.05) is 6.07 Å². The van der Waals surface area contributed by atoms with Gasteiger partial charge in [0.15, 0.2) is 5.96 Å². The highest BCUT2D eigenvalue weighted by atomic mass is 16.5. The summed E-state index contributed by atoms with van der Waals surface area (Å²) in [6.45, 7) is 6.01. The molecular formula is C18H29N3O. The maximum Gasteiger partial charge on any atom is 0.189 e. The number of ether oxygens (including phenoxy) is 1. The Hall–Kier alpha value is -1.55. The molecule has 122 valence electrons. The molecule has 1 aliphatic heterocycles. The average Bonchev–Trinajstić information content (AvgIpc) is 2.56.